The highest BCUT2D eigenvalue weighted by atomic mass is 32.1. The van der Waals surface area contributed by atoms with Crippen molar-refractivity contribution in [3.8, 4) is 0 Å². The highest BCUT2D eigenvalue weighted by molar-refractivity contribution is 7.10. The molecule has 2 heterocycles. The minimum absolute atomic E-state index is 0.339. The second-order valence-corrected chi connectivity index (χ2v) is 6.47. The van der Waals surface area contributed by atoms with Crippen molar-refractivity contribution in [1.82, 2.24) is 20.0 Å². The van der Waals surface area contributed by atoms with Crippen molar-refractivity contribution in [3.63, 3.8) is 0 Å². The molecule has 0 aliphatic carbocycles. The van der Waals surface area contributed by atoms with Gasteiger partial charge in [-0.15, -0.1) is 11.3 Å². The molecule has 0 aliphatic heterocycles. The molecule has 4 nitrogen and oxygen atoms in total. The number of aryl methyl sites for hydroxylation is 2. The molecule has 0 aromatic carbocycles. The Hall–Kier alpha value is -1.17. The summed E-state index contributed by atoms with van der Waals surface area (Å²) >= 11 is 1.83. The predicted molar refractivity (Wildman–Crippen MR) is 85.1 cm³/mol. The van der Waals surface area contributed by atoms with Gasteiger partial charge in [0.15, 0.2) is 0 Å². The van der Waals surface area contributed by atoms with Crippen LogP contribution in [0.15, 0.2) is 23.8 Å². The molecule has 20 heavy (non-hydrogen) atoms. The van der Waals surface area contributed by atoms with Crippen molar-refractivity contribution in [1.29, 1.82) is 0 Å². The van der Waals surface area contributed by atoms with Crippen LogP contribution in [-0.4, -0.2) is 35.3 Å². The maximum absolute atomic E-state index is 4.28. The van der Waals surface area contributed by atoms with Gasteiger partial charge in [0.2, 0.25) is 0 Å². The Bertz CT molecular complexity index is 544. The lowest BCUT2D eigenvalue weighted by atomic mass is 10.1. The first-order valence-electron chi connectivity index (χ1n) is 6.91. The number of thiophene rings is 1. The number of aromatic nitrogens is 2. The van der Waals surface area contributed by atoms with Gasteiger partial charge in [-0.2, -0.15) is 5.10 Å². The molecular formula is C15H24N4S. The van der Waals surface area contributed by atoms with Gasteiger partial charge in [0.25, 0.3) is 0 Å². The number of hydrogen-bond acceptors (Lipinski definition) is 4. The van der Waals surface area contributed by atoms with Crippen LogP contribution in [0.1, 0.15) is 35.0 Å². The molecule has 0 radical (unpaired) electrons. The van der Waals surface area contributed by atoms with Crippen LogP contribution in [0.5, 0.6) is 0 Å². The molecule has 2 rings (SSSR count). The molecule has 0 saturated carbocycles. The van der Waals surface area contributed by atoms with E-state index in [9.17, 15) is 0 Å². The van der Waals surface area contributed by atoms with Gasteiger partial charge in [0, 0.05) is 42.3 Å². The summed E-state index contributed by atoms with van der Waals surface area (Å²) in [6, 6.07) is 2.91. The van der Waals surface area contributed by atoms with Gasteiger partial charge >= 0.3 is 0 Å². The Morgan fingerprint density at radius 3 is 2.70 bits per heavy atom. The monoisotopic (exact) mass is 292 g/mol. The maximum atomic E-state index is 4.28. The first-order valence-corrected chi connectivity index (χ1v) is 7.79. The van der Waals surface area contributed by atoms with E-state index in [1.54, 1.807) is 0 Å². The molecule has 110 valence electrons. The van der Waals surface area contributed by atoms with Crippen LogP contribution in [-0.2, 0) is 7.05 Å². The minimum Gasteiger partial charge on any atom is -0.308 e. The molecule has 2 aromatic rings. The maximum Gasteiger partial charge on any atom is 0.0538 e. The summed E-state index contributed by atoms with van der Waals surface area (Å²) in [5.41, 5.74) is 2.62. The van der Waals surface area contributed by atoms with Gasteiger partial charge in [-0.3, -0.25) is 4.68 Å². The van der Waals surface area contributed by atoms with Crippen LogP contribution in [0.25, 0.3) is 0 Å². The summed E-state index contributed by atoms with van der Waals surface area (Å²) in [5, 5.41) is 10.1. The highest BCUT2D eigenvalue weighted by Crippen LogP contribution is 2.24. The van der Waals surface area contributed by atoms with Crippen molar-refractivity contribution in [2.45, 2.75) is 25.9 Å². The van der Waals surface area contributed by atoms with Gasteiger partial charge in [-0.1, -0.05) is 0 Å². The zero-order valence-electron chi connectivity index (χ0n) is 12.9. The molecule has 2 atom stereocenters. The van der Waals surface area contributed by atoms with Crippen LogP contribution < -0.4 is 5.32 Å². The molecule has 0 saturated heterocycles. The number of nitrogens with zero attached hydrogens (tertiary/aromatic N) is 3. The Morgan fingerprint density at radius 2 is 2.20 bits per heavy atom. The summed E-state index contributed by atoms with van der Waals surface area (Å²) in [4.78, 5) is 3.66. The van der Waals surface area contributed by atoms with Gasteiger partial charge in [-0.25, -0.2) is 0 Å². The van der Waals surface area contributed by atoms with Gasteiger partial charge in [0.1, 0.15) is 0 Å². The Kier molecular flexibility index (Phi) is 4.96. The van der Waals surface area contributed by atoms with Gasteiger partial charge in [0.05, 0.1) is 6.20 Å². The van der Waals surface area contributed by atoms with E-state index in [1.165, 1.54) is 16.0 Å². The predicted octanol–water partition coefficient (Wildman–Crippen LogP) is 2.74. The lowest BCUT2D eigenvalue weighted by molar-refractivity contribution is 0.282. The third-order valence-electron chi connectivity index (χ3n) is 3.65. The smallest absolute Gasteiger partial charge is 0.0538 e. The molecule has 0 fully saturated rings. The van der Waals surface area contributed by atoms with E-state index in [0.717, 1.165) is 6.54 Å². The van der Waals surface area contributed by atoms with Crippen LogP contribution in [0.3, 0.4) is 0 Å². The van der Waals surface area contributed by atoms with E-state index >= 15 is 0 Å². The van der Waals surface area contributed by atoms with E-state index in [0.29, 0.717) is 12.1 Å². The molecule has 0 spiro atoms. The molecule has 0 unspecified atom stereocenters. The summed E-state index contributed by atoms with van der Waals surface area (Å²) < 4.78 is 1.86. The lowest BCUT2D eigenvalue weighted by Gasteiger charge is -2.25. The quantitative estimate of drug-likeness (QED) is 0.889. The molecule has 5 heteroatoms. The largest absolute Gasteiger partial charge is 0.308 e. The third-order valence-corrected chi connectivity index (χ3v) is 4.85. The summed E-state index contributed by atoms with van der Waals surface area (Å²) in [6.07, 6.45) is 4.04. The fourth-order valence-electron chi connectivity index (χ4n) is 2.42. The molecular weight excluding hydrogens is 268 g/mol. The highest BCUT2D eigenvalue weighted by Gasteiger charge is 2.18. The summed E-state index contributed by atoms with van der Waals surface area (Å²) in [5.74, 6) is 0. The number of hydrogen-bond donors (Lipinski definition) is 1. The third kappa shape index (κ3) is 3.48. The van der Waals surface area contributed by atoms with Crippen molar-refractivity contribution in [2.75, 3.05) is 20.6 Å². The van der Waals surface area contributed by atoms with Crippen LogP contribution >= 0.6 is 11.3 Å². The Balaban J connectivity index is 2.01. The van der Waals surface area contributed by atoms with E-state index in [2.05, 4.69) is 60.9 Å². The van der Waals surface area contributed by atoms with Crippen molar-refractivity contribution in [3.05, 3.63) is 39.8 Å². The Labute approximate surface area is 125 Å². The fraction of sp³-hybridized carbons (Fsp3) is 0.533. The summed E-state index contributed by atoms with van der Waals surface area (Å²) in [6.45, 7) is 5.32. The zero-order chi connectivity index (χ0) is 14.7. The SMILES string of the molecule is Cc1ccsc1[C@H](C)NC[C@@H](c1cnn(C)c1)N(C)C. The number of rotatable bonds is 6. The standard InChI is InChI=1S/C15H24N4S/c1-11-6-7-20-15(11)12(2)16-9-14(18(3)4)13-8-17-19(5)10-13/h6-8,10,12,14,16H,9H2,1-5H3/t12-,14-/m0/s1. The van der Waals surface area contributed by atoms with Crippen LogP contribution in [0.2, 0.25) is 0 Å². The molecule has 0 aliphatic rings. The van der Waals surface area contributed by atoms with E-state index in [-0.39, 0.29) is 0 Å². The van der Waals surface area contributed by atoms with E-state index in [1.807, 2.05) is 29.3 Å². The normalized spacial score (nSPS) is 14.7. The molecule has 0 amide bonds. The van der Waals surface area contributed by atoms with E-state index < -0.39 is 0 Å². The minimum atomic E-state index is 0.339. The summed E-state index contributed by atoms with van der Waals surface area (Å²) in [7, 11) is 6.18. The first kappa shape index (κ1) is 15.2. The van der Waals surface area contributed by atoms with Crippen molar-refractivity contribution < 1.29 is 0 Å². The average molecular weight is 292 g/mol. The topological polar surface area (TPSA) is 33.1 Å². The lowest BCUT2D eigenvalue weighted by Crippen LogP contribution is -2.32. The van der Waals surface area contributed by atoms with Gasteiger partial charge < -0.3 is 10.2 Å². The van der Waals surface area contributed by atoms with Gasteiger partial charge in [-0.05, 0) is 45.0 Å². The fourth-order valence-corrected chi connectivity index (χ4v) is 3.38. The molecule has 2 aromatic heterocycles. The average Bonchev–Trinajstić information content (AvgIpc) is 2.98. The number of likely N-dealkylation sites (N-methyl/N-ethyl adjacent to an activating group) is 1. The molecule has 1 N–H and O–H groups in total. The van der Waals surface area contributed by atoms with Crippen molar-refractivity contribution in [2.24, 2.45) is 7.05 Å². The second-order valence-electron chi connectivity index (χ2n) is 5.52. The van der Waals surface area contributed by atoms with Crippen molar-refractivity contribution >= 4 is 11.3 Å². The van der Waals surface area contributed by atoms with E-state index in [4.69, 9.17) is 0 Å². The zero-order valence-corrected chi connectivity index (χ0v) is 13.7. The number of nitrogens with one attached hydrogen (secondary N) is 1. The first-order chi connectivity index (χ1) is 9.49. The molecule has 0 bridgehead atoms. The Morgan fingerprint density at radius 1 is 1.45 bits per heavy atom. The second kappa shape index (κ2) is 6.52. The van der Waals surface area contributed by atoms with Crippen LogP contribution in [0.4, 0.5) is 0 Å². The van der Waals surface area contributed by atoms with Crippen LogP contribution in [0, 0.1) is 6.92 Å².